The number of rotatable bonds is 5. The van der Waals surface area contributed by atoms with E-state index in [2.05, 4.69) is 5.32 Å². The molecule has 2 amide bonds. The summed E-state index contributed by atoms with van der Waals surface area (Å²) in [4.78, 5) is 25.2. The fraction of sp³-hybridized carbons (Fsp3) is 0.833. The number of ether oxygens (including phenoxy) is 1. The number of methoxy groups -OCH3 is 1. The molecule has 1 heterocycles. The Morgan fingerprint density at radius 3 is 2.59 bits per heavy atom. The maximum atomic E-state index is 12.0. The van der Waals surface area contributed by atoms with Crippen molar-refractivity contribution in [2.24, 2.45) is 0 Å². The number of carbonyl (C=O) groups is 2. The van der Waals surface area contributed by atoms with Gasteiger partial charge in [-0.1, -0.05) is 0 Å². The average Bonchev–Trinajstić information content (AvgIpc) is 3.04. The first-order valence-corrected chi connectivity index (χ1v) is 6.09. The zero-order valence-electron chi connectivity index (χ0n) is 10.7. The number of amides is 2. The number of nitrogens with zero attached hydrogens (tertiary/aromatic N) is 1. The van der Waals surface area contributed by atoms with Crippen molar-refractivity contribution in [1.29, 1.82) is 0 Å². The maximum absolute atomic E-state index is 12.0. The lowest BCUT2D eigenvalue weighted by molar-refractivity contribution is -0.139. The van der Waals surface area contributed by atoms with Gasteiger partial charge in [-0.25, -0.2) is 0 Å². The van der Waals surface area contributed by atoms with E-state index in [1.165, 1.54) is 4.90 Å². The van der Waals surface area contributed by atoms with Crippen LogP contribution in [0, 0.1) is 0 Å². The van der Waals surface area contributed by atoms with E-state index >= 15 is 0 Å². The second-order valence-corrected chi connectivity index (χ2v) is 5.43. The van der Waals surface area contributed by atoms with E-state index in [9.17, 15) is 9.59 Å². The van der Waals surface area contributed by atoms with E-state index in [-0.39, 0.29) is 35.9 Å². The van der Waals surface area contributed by atoms with Crippen LogP contribution in [0.4, 0.5) is 0 Å². The molecule has 1 N–H and O–H groups in total. The molecule has 17 heavy (non-hydrogen) atoms. The minimum Gasteiger partial charge on any atom is -0.377 e. The molecule has 96 valence electrons. The molecule has 1 aliphatic carbocycles. The third kappa shape index (κ3) is 2.66. The van der Waals surface area contributed by atoms with Gasteiger partial charge in [0.1, 0.15) is 0 Å². The first-order valence-electron chi connectivity index (χ1n) is 6.09. The van der Waals surface area contributed by atoms with Crippen molar-refractivity contribution in [3.05, 3.63) is 0 Å². The van der Waals surface area contributed by atoms with Gasteiger partial charge in [-0.2, -0.15) is 0 Å². The molecule has 5 heteroatoms. The quantitative estimate of drug-likeness (QED) is 0.702. The molecule has 0 aromatic heterocycles. The van der Waals surface area contributed by atoms with Crippen LogP contribution in [0.25, 0.3) is 0 Å². The lowest BCUT2D eigenvalue weighted by Crippen LogP contribution is -2.45. The summed E-state index contributed by atoms with van der Waals surface area (Å²) in [6.45, 7) is 4.45. The Morgan fingerprint density at radius 2 is 2.06 bits per heavy atom. The summed E-state index contributed by atoms with van der Waals surface area (Å²) in [6.07, 6.45) is 2.22. The number of hydrogen-bond acceptors (Lipinski definition) is 4. The van der Waals surface area contributed by atoms with Gasteiger partial charge in [0, 0.05) is 19.7 Å². The van der Waals surface area contributed by atoms with Crippen LogP contribution in [0.3, 0.4) is 0 Å². The topological polar surface area (TPSA) is 58.6 Å². The Morgan fingerprint density at radius 1 is 1.41 bits per heavy atom. The third-order valence-corrected chi connectivity index (χ3v) is 3.42. The Balaban J connectivity index is 1.90. The van der Waals surface area contributed by atoms with E-state index in [1.807, 2.05) is 13.8 Å². The lowest BCUT2D eigenvalue weighted by Gasteiger charge is -2.25. The summed E-state index contributed by atoms with van der Waals surface area (Å²) in [5.41, 5.74) is -0.323. The van der Waals surface area contributed by atoms with Crippen LogP contribution in [0.2, 0.25) is 0 Å². The molecule has 1 saturated heterocycles. The second-order valence-electron chi connectivity index (χ2n) is 5.43. The van der Waals surface area contributed by atoms with Gasteiger partial charge in [-0.15, -0.1) is 0 Å². The summed E-state index contributed by atoms with van der Waals surface area (Å²) < 4.78 is 5.27. The zero-order valence-corrected chi connectivity index (χ0v) is 10.7. The molecule has 0 bridgehead atoms. The van der Waals surface area contributed by atoms with Crippen LogP contribution in [0.15, 0.2) is 0 Å². The lowest BCUT2D eigenvalue weighted by atomic mass is 10.1. The standard InChI is InChI=1S/C12H20N2O3/c1-12(2,17-3)7-13-9-6-10(15)14(11(9)16)8-4-5-8/h8-9,13H,4-7H2,1-3H3. The fourth-order valence-corrected chi connectivity index (χ4v) is 1.97. The van der Waals surface area contributed by atoms with E-state index in [0.717, 1.165) is 12.8 Å². The predicted octanol–water partition coefficient (Wildman–Crippen LogP) is 0.291. The van der Waals surface area contributed by atoms with Gasteiger partial charge in [-0.05, 0) is 26.7 Å². The van der Waals surface area contributed by atoms with Gasteiger partial charge in [-0.3, -0.25) is 14.5 Å². The summed E-state index contributed by atoms with van der Waals surface area (Å²) in [7, 11) is 1.64. The molecule has 0 radical (unpaired) electrons. The molecule has 2 fully saturated rings. The van der Waals surface area contributed by atoms with Gasteiger partial charge >= 0.3 is 0 Å². The van der Waals surface area contributed by atoms with Gasteiger partial charge in [0.2, 0.25) is 11.8 Å². The molecular formula is C12H20N2O3. The minimum atomic E-state index is -0.363. The summed E-state index contributed by atoms with van der Waals surface area (Å²) >= 11 is 0. The van der Waals surface area contributed by atoms with E-state index < -0.39 is 0 Å². The molecule has 1 saturated carbocycles. The Labute approximate surface area is 101 Å². The number of likely N-dealkylation sites (tertiary alicyclic amines) is 1. The molecule has 1 unspecified atom stereocenters. The van der Waals surface area contributed by atoms with Crippen molar-refractivity contribution < 1.29 is 14.3 Å². The van der Waals surface area contributed by atoms with Crippen molar-refractivity contribution in [3.8, 4) is 0 Å². The Bertz CT molecular complexity index is 337. The van der Waals surface area contributed by atoms with Crippen molar-refractivity contribution in [2.45, 2.75) is 50.8 Å². The molecule has 2 aliphatic rings. The summed E-state index contributed by atoms with van der Waals surface area (Å²) in [5, 5.41) is 3.13. The summed E-state index contributed by atoms with van der Waals surface area (Å²) in [5.74, 6) is -0.102. The van der Waals surface area contributed by atoms with Gasteiger partial charge in [0.05, 0.1) is 18.1 Å². The summed E-state index contributed by atoms with van der Waals surface area (Å²) in [6, 6.07) is -0.185. The monoisotopic (exact) mass is 240 g/mol. The van der Waals surface area contributed by atoms with Gasteiger partial charge < -0.3 is 10.1 Å². The smallest absolute Gasteiger partial charge is 0.247 e. The van der Waals surface area contributed by atoms with Crippen molar-refractivity contribution in [1.82, 2.24) is 10.2 Å². The highest BCUT2D eigenvalue weighted by molar-refractivity contribution is 6.06. The van der Waals surface area contributed by atoms with Crippen LogP contribution >= 0.6 is 0 Å². The van der Waals surface area contributed by atoms with Gasteiger partial charge in [0.25, 0.3) is 0 Å². The SMILES string of the molecule is COC(C)(C)CNC1CC(=O)N(C2CC2)C1=O. The fourth-order valence-electron chi connectivity index (χ4n) is 1.97. The van der Waals surface area contributed by atoms with Crippen LogP contribution in [-0.4, -0.2) is 48.1 Å². The molecule has 1 aliphatic heterocycles. The van der Waals surface area contributed by atoms with E-state index in [0.29, 0.717) is 6.54 Å². The Kier molecular flexibility index (Phi) is 3.23. The second kappa shape index (κ2) is 4.38. The maximum Gasteiger partial charge on any atom is 0.247 e. The number of nitrogens with one attached hydrogen (secondary N) is 1. The van der Waals surface area contributed by atoms with Crippen molar-refractivity contribution in [3.63, 3.8) is 0 Å². The molecule has 0 spiro atoms. The normalized spacial score (nSPS) is 25.8. The van der Waals surface area contributed by atoms with Crippen molar-refractivity contribution >= 4 is 11.8 Å². The predicted molar refractivity (Wildman–Crippen MR) is 62.4 cm³/mol. The van der Waals surface area contributed by atoms with E-state index in [4.69, 9.17) is 4.74 Å². The third-order valence-electron chi connectivity index (χ3n) is 3.42. The molecule has 0 aromatic rings. The highest BCUT2D eigenvalue weighted by Crippen LogP contribution is 2.31. The molecular weight excluding hydrogens is 220 g/mol. The van der Waals surface area contributed by atoms with Crippen LogP contribution in [0.5, 0.6) is 0 Å². The van der Waals surface area contributed by atoms with Crippen LogP contribution < -0.4 is 5.32 Å². The van der Waals surface area contributed by atoms with Crippen molar-refractivity contribution in [2.75, 3.05) is 13.7 Å². The highest BCUT2D eigenvalue weighted by Gasteiger charge is 2.46. The first-order chi connectivity index (χ1) is 7.94. The molecule has 0 aromatic carbocycles. The number of hydrogen-bond donors (Lipinski definition) is 1. The first kappa shape index (κ1) is 12.5. The molecule has 5 nitrogen and oxygen atoms in total. The number of carbonyl (C=O) groups excluding carboxylic acids is 2. The largest absolute Gasteiger partial charge is 0.377 e. The molecule has 1 atom stereocenters. The number of imide groups is 1. The van der Waals surface area contributed by atoms with Crippen LogP contribution in [-0.2, 0) is 14.3 Å². The van der Waals surface area contributed by atoms with Gasteiger partial charge in [0.15, 0.2) is 0 Å². The van der Waals surface area contributed by atoms with Crippen LogP contribution in [0.1, 0.15) is 33.1 Å². The Hall–Kier alpha value is -0.940. The molecule has 2 rings (SSSR count). The highest BCUT2D eigenvalue weighted by atomic mass is 16.5. The van der Waals surface area contributed by atoms with E-state index in [1.54, 1.807) is 7.11 Å². The minimum absolute atomic E-state index is 0.0368. The zero-order chi connectivity index (χ0) is 12.6. The average molecular weight is 240 g/mol.